The molecule has 0 aromatic carbocycles. The molecule has 7 atom stereocenters. The molecule has 0 saturated carbocycles. The van der Waals surface area contributed by atoms with E-state index in [0.29, 0.717) is 0 Å². The summed E-state index contributed by atoms with van der Waals surface area (Å²) in [4.78, 5) is 22.6. The Labute approximate surface area is 135 Å². The van der Waals surface area contributed by atoms with Gasteiger partial charge in [-0.1, -0.05) is 0 Å². The Morgan fingerprint density at radius 1 is 1.35 bits per heavy atom. The molecule has 0 aromatic rings. The number of carbonyl (C=O) groups excluding carboxylic acids is 1. The van der Waals surface area contributed by atoms with E-state index in [1.807, 2.05) is 0 Å². The molecule has 1 saturated heterocycles. The number of aliphatic hydroxyl groups is 6. The van der Waals surface area contributed by atoms with Crippen molar-refractivity contribution in [2.24, 2.45) is 0 Å². The highest BCUT2D eigenvalue weighted by atomic mass is 32.1. The van der Waals surface area contributed by atoms with Crippen molar-refractivity contribution in [1.82, 2.24) is 0 Å². The van der Waals surface area contributed by atoms with Crippen LogP contribution in [0.4, 0.5) is 0 Å². The van der Waals surface area contributed by atoms with Gasteiger partial charge in [-0.05, 0) is 0 Å². The van der Waals surface area contributed by atoms with Gasteiger partial charge in [0, 0.05) is 6.42 Å². The van der Waals surface area contributed by atoms with Crippen molar-refractivity contribution < 1.29 is 54.4 Å². The summed E-state index contributed by atoms with van der Waals surface area (Å²) in [5.41, 5.74) is 0. The van der Waals surface area contributed by atoms with E-state index in [-0.39, 0.29) is 0 Å². The first kappa shape index (κ1) is 20.2. The van der Waals surface area contributed by atoms with Gasteiger partial charge in [-0.25, -0.2) is 9.59 Å². The number of quaternary nitrogens is 1. The normalized spacial score (nSPS) is 35.3. The number of rotatable bonds is 6. The van der Waals surface area contributed by atoms with E-state index in [4.69, 9.17) is 32.9 Å². The van der Waals surface area contributed by atoms with Gasteiger partial charge in [0.1, 0.15) is 30.5 Å². The third kappa shape index (κ3) is 4.17. The number of carboxylic acids is 1. The van der Waals surface area contributed by atoms with Crippen LogP contribution in [0.1, 0.15) is 6.42 Å². The zero-order chi connectivity index (χ0) is 17.9. The monoisotopic (exact) mass is 357 g/mol. The number of carboxylic acid groups (broad SMARTS) is 1. The van der Waals surface area contributed by atoms with Crippen LogP contribution >= 0.6 is 0 Å². The number of hydrogen-bond acceptors (Lipinski definition) is 10. The van der Waals surface area contributed by atoms with Crippen molar-refractivity contribution in [3.05, 3.63) is 0 Å². The number of aliphatic carboxylic acids is 1. The van der Waals surface area contributed by atoms with Crippen molar-refractivity contribution >= 4 is 24.7 Å². The van der Waals surface area contributed by atoms with E-state index in [1.54, 1.807) is 0 Å². The van der Waals surface area contributed by atoms with Gasteiger partial charge in [-0.3, -0.25) is 0 Å². The fourth-order valence-electron chi connectivity index (χ4n) is 2.31. The van der Waals surface area contributed by atoms with E-state index in [9.17, 15) is 30.0 Å². The van der Waals surface area contributed by atoms with Gasteiger partial charge in [0.05, 0.1) is 6.61 Å². The van der Waals surface area contributed by atoms with E-state index >= 15 is 0 Å². The molecule has 0 radical (unpaired) electrons. The zero-order valence-electron chi connectivity index (χ0n) is 11.8. The first-order chi connectivity index (χ1) is 10.6. The Bertz CT molecular complexity index is 451. The number of carbonyl (C=O) groups is 2. The summed E-state index contributed by atoms with van der Waals surface area (Å²) in [5, 5.41) is 66.1. The number of hydrogen-bond donors (Lipinski definition) is 8. The topological polar surface area (TPSA) is 189 Å². The number of amides is 1. The van der Waals surface area contributed by atoms with Crippen molar-refractivity contribution in [3.8, 4) is 0 Å². The molecule has 1 aliphatic rings. The molecule has 0 bridgehead atoms. The molecule has 1 fully saturated rings. The molecule has 12 heteroatoms. The average molecular weight is 357 g/mol. The minimum Gasteiger partial charge on any atom is -0.486 e. The van der Waals surface area contributed by atoms with Crippen LogP contribution < -0.4 is 4.31 Å². The lowest BCUT2D eigenvalue weighted by atomic mass is 9.88. The van der Waals surface area contributed by atoms with Gasteiger partial charge in [0.2, 0.25) is 0 Å². The first-order valence-electron chi connectivity index (χ1n) is 6.55. The zero-order valence-corrected chi connectivity index (χ0v) is 12.6. The summed E-state index contributed by atoms with van der Waals surface area (Å²) in [5.74, 6) is -5.71. The van der Waals surface area contributed by atoms with Crippen LogP contribution in [0.3, 0.4) is 0 Å². The smallest absolute Gasteiger partial charge is 0.364 e. The SMILES string of the molecule is O=C(CO)[NH+]([S-])[C@H]1[C@H]([C@H](O)[C@H](O)CO)OC(O)(C(=O)O)C[C@@H]1O. The van der Waals surface area contributed by atoms with Crippen molar-refractivity contribution in [2.75, 3.05) is 13.2 Å². The Hall–Kier alpha value is -0.830. The van der Waals surface area contributed by atoms with Gasteiger partial charge in [-0.2, -0.15) is 0 Å². The maximum Gasteiger partial charge on any atom is 0.364 e. The van der Waals surface area contributed by atoms with Gasteiger partial charge in [-0.15, -0.1) is 0 Å². The van der Waals surface area contributed by atoms with Crippen molar-refractivity contribution in [1.29, 1.82) is 0 Å². The summed E-state index contributed by atoms with van der Waals surface area (Å²) in [7, 11) is 0. The molecular formula is C11H19NO10S. The fraction of sp³-hybridized carbons (Fsp3) is 0.818. The standard InChI is InChI=1S/C11H19NO10S/c13-2-5(16)8(18)9-7(12(23)6(17)3-14)4(15)1-11(21,22-9)10(19)20/h4-5,7-9,12-16,18,21H,1-3H2,(H,19,20)/t4-,5+,7+,8+,9+,11?/m0/s1. The molecule has 1 amide bonds. The lowest BCUT2D eigenvalue weighted by molar-refractivity contribution is -0.724. The molecule has 0 spiro atoms. The first-order valence-corrected chi connectivity index (χ1v) is 6.96. The quantitative estimate of drug-likeness (QED) is 0.211. The molecule has 23 heavy (non-hydrogen) atoms. The maximum absolute atomic E-state index is 11.5. The summed E-state index contributed by atoms with van der Waals surface area (Å²) in [6.07, 6.45) is -8.14. The van der Waals surface area contributed by atoms with Gasteiger partial charge in [0.25, 0.3) is 5.79 Å². The molecule has 1 heterocycles. The average Bonchev–Trinajstić information content (AvgIpc) is 2.51. The third-order valence-corrected chi connectivity index (χ3v) is 4.06. The van der Waals surface area contributed by atoms with E-state index in [1.165, 1.54) is 0 Å². The Morgan fingerprint density at radius 2 is 1.91 bits per heavy atom. The van der Waals surface area contributed by atoms with Crippen LogP contribution in [0.2, 0.25) is 0 Å². The molecule has 0 aromatic heterocycles. The number of ether oxygens (including phenoxy) is 1. The summed E-state index contributed by atoms with van der Waals surface area (Å²) >= 11 is 4.80. The minimum absolute atomic E-state index is 0.540. The van der Waals surface area contributed by atoms with E-state index in [0.717, 1.165) is 0 Å². The van der Waals surface area contributed by atoms with Crippen LogP contribution in [-0.2, 0) is 27.1 Å². The predicted octanol–water partition coefficient (Wildman–Crippen LogP) is -6.14. The highest BCUT2D eigenvalue weighted by Crippen LogP contribution is 2.29. The summed E-state index contributed by atoms with van der Waals surface area (Å²) < 4.78 is 4.33. The van der Waals surface area contributed by atoms with Crippen LogP contribution in [-0.4, -0.2) is 97.1 Å². The molecule has 134 valence electrons. The second kappa shape index (κ2) is 7.83. The minimum atomic E-state index is -2.88. The summed E-state index contributed by atoms with van der Waals surface area (Å²) in [6, 6.07) is -1.47. The van der Waals surface area contributed by atoms with E-state index in [2.05, 4.69) is 0 Å². The van der Waals surface area contributed by atoms with Crippen LogP contribution in [0, 0.1) is 0 Å². The molecule has 1 aliphatic heterocycles. The lowest BCUT2D eigenvalue weighted by Gasteiger charge is -2.47. The van der Waals surface area contributed by atoms with Crippen LogP contribution in [0.25, 0.3) is 0 Å². The van der Waals surface area contributed by atoms with E-state index < -0.39 is 72.1 Å². The second-order valence-electron chi connectivity index (χ2n) is 5.16. The lowest BCUT2D eigenvalue weighted by Crippen LogP contribution is -3.18. The number of nitrogens with one attached hydrogen (secondary N) is 1. The molecular weight excluding hydrogens is 338 g/mol. The molecule has 11 nitrogen and oxygen atoms in total. The number of aliphatic hydroxyl groups excluding tert-OH is 5. The molecule has 8 N–H and O–H groups in total. The fourth-order valence-corrected chi connectivity index (χ4v) is 2.67. The Kier molecular flexibility index (Phi) is 6.88. The third-order valence-electron chi connectivity index (χ3n) is 3.56. The van der Waals surface area contributed by atoms with Crippen LogP contribution in [0.5, 0.6) is 0 Å². The van der Waals surface area contributed by atoms with Gasteiger partial charge < -0.3 is 57.6 Å². The maximum atomic E-state index is 11.5. The van der Waals surface area contributed by atoms with Crippen LogP contribution in [0.15, 0.2) is 0 Å². The predicted molar refractivity (Wildman–Crippen MR) is 71.4 cm³/mol. The Balaban J connectivity index is 3.19. The Morgan fingerprint density at radius 3 is 2.35 bits per heavy atom. The highest BCUT2D eigenvalue weighted by molar-refractivity contribution is 7.51. The summed E-state index contributed by atoms with van der Waals surface area (Å²) in [6.45, 7) is -1.92. The van der Waals surface area contributed by atoms with Gasteiger partial charge in [0.15, 0.2) is 6.61 Å². The largest absolute Gasteiger partial charge is 0.486 e. The van der Waals surface area contributed by atoms with Crippen molar-refractivity contribution in [3.63, 3.8) is 0 Å². The molecule has 1 rings (SSSR count). The molecule has 2 unspecified atom stereocenters. The highest BCUT2D eigenvalue weighted by Gasteiger charge is 2.56. The second-order valence-corrected chi connectivity index (χ2v) is 5.60. The van der Waals surface area contributed by atoms with Gasteiger partial charge >= 0.3 is 11.9 Å². The van der Waals surface area contributed by atoms with Crippen molar-refractivity contribution in [2.45, 2.75) is 42.7 Å². The molecule has 0 aliphatic carbocycles.